The van der Waals surface area contributed by atoms with Crippen LogP contribution in [0.4, 0.5) is 5.69 Å². The van der Waals surface area contributed by atoms with Crippen molar-refractivity contribution in [3.8, 4) is 5.69 Å². The van der Waals surface area contributed by atoms with Crippen molar-refractivity contribution in [2.24, 2.45) is 24.3 Å². The lowest BCUT2D eigenvalue weighted by atomic mass is 10.1. The van der Waals surface area contributed by atoms with Gasteiger partial charge in [0.05, 0.1) is 11.4 Å². The van der Waals surface area contributed by atoms with E-state index in [1.165, 1.54) is 5.57 Å². The zero-order valence-corrected chi connectivity index (χ0v) is 16.1. The van der Waals surface area contributed by atoms with Crippen LogP contribution in [0.25, 0.3) is 5.69 Å². The van der Waals surface area contributed by atoms with E-state index in [0.717, 1.165) is 17.9 Å². The second kappa shape index (κ2) is 6.25. The predicted molar refractivity (Wildman–Crippen MR) is 104 cm³/mol. The number of para-hydroxylation sites is 1. The maximum Gasteiger partial charge on any atom is 0.295 e. The van der Waals surface area contributed by atoms with Crippen LogP contribution in [0.2, 0.25) is 0 Å². The molecule has 1 aliphatic carbocycles. The molecule has 2 aromatic rings. The fraction of sp³-hybridized carbons (Fsp3) is 0.476. The van der Waals surface area contributed by atoms with Crippen molar-refractivity contribution in [2.45, 2.75) is 34.6 Å². The lowest BCUT2D eigenvalue weighted by molar-refractivity contribution is 0.561. The van der Waals surface area contributed by atoms with Gasteiger partial charge in [-0.3, -0.25) is 9.48 Å². The summed E-state index contributed by atoms with van der Waals surface area (Å²) < 4.78 is 3.65. The van der Waals surface area contributed by atoms with E-state index in [9.17, 15) is 4.79 Å². The Morgan fingerprint density at radius 2 is 1.88 bits per heavy atom. The van der Waals surface area contributed by atoms with Crippen LogP contribution in [0, 0.1) is 24.2 Å². The van der Waals surface area contributed by atoms with Crippen molar-refractivity contribution in [1.82, 2.24) is 9.36 Å². The summed E-state index contributed by atoms with van der Waals surface area (Å²) in [6.07, 6.45) is 2.37. The Morgan fingerprint density at radius 3 is 2.48 bits per heavy atom. The Hall–Kier alpha value is -2.23. The first kappa shape index (κ1) is 17.6. The smallest absolute Gasteiger partial charge is 0.295 e. The van der Waals surface area contributed by atoms with E-state index in [1.807, 2.05) is 49.0 Å². The molecule has 0 saturated heterocycles. The highest BCUT2D eigenvalue weighted by Gasteiger charge is 2.55. The number of benzene rings is 1. The van der Waals surface area contributed by atoms with Gasteiger partial charge in [-0.15, -0.1) is 0 Å². The van der Waals surface area contributed by atoms with Gasteiger partial charge in [0.15, 0.2) is 0 Å². The molecule has 1 aliphatic rings. The molecule has 0 bridgehead atoms. The van der Waals surface area contributed by atoms with Gasteiger partial charge in [0, 0.05) is 13.6 Å². The molecule has 3 rings (SSSR count). The molecule has 134 valence electrons. The minimum atomic E-state index is 0.0171. The van der Waals surface area contributed by atoms with E-state index in [0.29, 0.717) is 22.9 Å². The standard InChI is InChI=1S/C21H29N3O/c1-14(2)12-17-18(21(17,4)5)13-22-19-15(3)23(6)24(20(19)25)16-10-8-7-9-11-16/h7-12,17-18,22H,13H2,1-6H3/t17-,18-/m1/s1. The van der Waals surface area contributed by atoms with Crippen molar-refractivity contribution in [3.05, 3.63) is 58.0 Å². The first-order chi connectivity index (χ1) is 11.7. The average molecular weight is 339 g/mol. The van der Waals surface area contributed by atoms with Gasteiger partial charge in [-0.2, -0.15) is 0 Å². The van der Waals surface area contributed by atoms with Crippen molar-refractivity contribution >= 4 is 5.69 Å². The fourth-order valence-corrected chi connectivity index (χ4v) is 3.85. The maximum atomic E-state index is 12.9. The molecular weight excluding hydrogens is 310 g/mol. The van der Waals surface area contributed by atoms with Crippen molar-refractivity contribution in [3.63, 3.8) is 0 Å². The summed E-state index contributed by atoms with van der Waals surface area (Å²) in [4.78, 5) is 12.9. The topological polar surface area (TPSA) is 39.0 Å². The van der Waals surface area contributed by atoms with Gasteiger partial charge < -0.3 is 5.32 Å². The molecule has 25 heavy (non-hydrogen) atoms. The predicted octanol–water partition coefficient (Wildman–Crippen LogP) is 4.13. The third kappa shape index (κ3) is 3.06. The first-order valence-corrected chi connectivity index (χ1v) is 8.98. The number of nitrogens with zero attached hydrogens (tertiary/aromatic N) is 2. The minimum absolute atomic E-state index is 0.0171. The second-order valence-corrected chi connectivity index (χ2v) is 8.02. The van der Waals surface area contributed by atoms with Gasteiger partial charge in [-0.1, -0.05) is 43.7 Å². The summed E-state index contributed by atoms with van der Waals surface area (Å²) in [5.74, 6) is 1.15. The number of hydrogen-bond acceptors (Lipinski definition) is 2. The van der Waals surface area contributed by atoms with Gasteiger partial charge >= 0.3 is 0 Å². The summed E-state index contributed by atoms with van der Waals surface area (Å²) in [6, 6.07) is 9.78. The van der Waals surface area contributed by atoms with Gasteiger partial charge in [0.25, 0.3) is 5.56 Å². The molecule has 0 spiro atoms. The zero-order chi connectivity index (χ0) is 18.4. The molecule has 0 radical (unpaired) electrons. The van der Waals surface area contributed by atoms with Gasteiger partial charge in [0.1, 0.15) is 5.69 Å². The lowest BCUT2D eigenvalue weighted by Gasteiger charge is -2.07. The highest BCUT2D eigenvalue weighted by Crippen LogP contribution is 2.59. The Balaban J connectivity index is 1.84. The molecule has 4 nitrogen and oxygen atoms in total. The van der Waals surface area contributed by atoms with Gasteiger partial charge in [-0.05, 0) is 50.2 Å². The Bertz CT molecular complexity index is 851. The quantitative estimate of drug-likeness (QED) is 0.832. The Morgan fingerprint density at radius 1 is 1.24 bits per heavy atom. The number of rotatable bonds is 5. The third-order valence-electron chi connectivity index (χ3n) is 5.71. The maximum absolute atomic E-state index is 12.9. The van der Waals surface area contributed by atoms with E-state index >= 15 is 0 Å². The number of aromatic nitrogens is 2. The molecule has 0 amide bonds. The minimum Gasteiger partial charge on any atom is -0.379 e. The summed E-state index contributed by atoms with van der Waals surface area (Å²) in [5.41, 5.74) is 4.24. The molecule has 1 fully saturated rings. The lowest BCUT2D eigenvalue weighted by Crippen LogP contribution is -2.21. The number of allylic oxidation sites excluding steroid dienone is 2. The van der Waals surface area contributed by atoms with Crippen LogP contribution >= 0.6 is 0 Å². The Kier molecular flexibility index (Phi) is 4.40. The highest BCUT2D eigenvalue weighted by molar-refractivity contribution is 5.49. The van der Waals surface area contributed by atoms with Crippen LogP contribution in [-0.2, 0) is 7.05 Å². The Labute approximate surface area is 150 Å². The van der Waals surface area contributed by atoms with Crippen molar-refractivity contribution in [2.75, 3.05) is 11.9 Å². The summed E-state index contributed by atoms with van der Waals surface area (Å²) >= 11 is 0. The fourth-order valence-electron chi connectivity index (χ4n) is 3.85. The van der Waals surface area contributed by atoms with Gasteiger partial charge in [-0.25, -0.2) is 4.68 Å². The van der Waals surface area contributed by atoms with Gasteiger partial charge in [0.2, 0.25) is 0 Å². The molecular formula is C21H29N3O. The molecule has 1 saturated carbocycles. The van der Waals surface area contributed by atoms with Crippen LogP contribution in [0.1, 0.15) is 33.4 Å². The summed E-state index contributed by atoms with van der Waals surface area (Å²) in [6.45, 7) is 11.7. The molecule has 1 aromatic heterocycles. The van der Waals surface area contributed by atoms with E-state index in [2.05, 4.69) is 39.1 Å². The van der Waals surface area contributed by atoms with E-state index in [4.69, 9.17) is 0 Å². The van der Waals surface area contributed by atoms with Crippen LogP contribution in [0.3, 0.4) is 0 Å². The molecule has 0 aliphatic heterocycles. The first-order valence-electron chi connectivity index (χ1n) is 8.98. The second-order valence-electron chi connectivity index (χ2n) is 8.02. The average Bonchev–Trinajstić information content (AvgIpc) is 2.98. The van der Waals surface area contributed by atoms with Crippen molar-refractivity contribution < 1.29 is 0 Å². The molecule has 0 unspecified atom stereocenters. The highest BCUT2D eigenvalue weighted by atomic mass is 16.1. The molecule has 4 heteroatoms. The van der Waals surface area contributed by atoms with Crippen molar-refractivity contribution in [1.29, 1.82) is 0 Å². The molecule has 1 aromatic carbocycles. The van der Waals surface area contributed by atoms with E-state index in [-0.39, 0.29) is 5.56 Å². The summed E-state index contributed by atoms with van der Waals surface area (Å²) in [7, 11) is 1.93. The number of hydrogen-bond donors (Lipinski definition) is 1. The molecule has 1 N–H and O–H groups in total. The van der Waals surface area contributed by atoms with Crippen LogP contribution in [-0.4, -0.2) is 15.9 Å². The van der Waals surface area contributed by atoms with E-state index < -0.39 is 0 Å². The van der Waals surface area contributed by atoms with E-state index in [1.54, 1.807) is 4.68 Å². The molecule has 1 heterocycles. The monoisotopic (exact) mass is 339 g/mol. The zero-order valence-electron chi connectivity index (χ0n) is 16.1. The number of anilines is 1. The largest absolute Gasteiger partial charge is 0.379 e. The summed E-state index contributed by atoms with van der Waals surface area (Å²) in [5, 5.41) is 3.45. The normalized spacial score (nSPS) is 21.0. The molecule has 2 atom stereocenters. The SMILES string of the molecule is CC(C)=C[C@@H]1[C@@H](CNc2c(C)n(C)n(-c3ccccc3)c2=O)C1(C)C. The van der Waals surface area contributed by atoms with Crippen LogP contribution in [0.5, 0.6) is 0 Å². The third-order valence-corrected chi connectivity index (χ3v) is 5.71. The van der Waals surface area contributed by atoms with Crippen LogP contribution in [0.15, 0.2) is 46.8 Å². The number of nitrogens with one attached hydrogen (secondary N) is 1. The van der Waals surface area contributed by atoms with Crippen LogP contribution < -0.4 is 10.9 Å².